The first kappa shape index (κ1) is 22.2. The lowest BCUT2D eigenvalue weighted by Gasteiger charge is -2.42. The van der Waals surface area contributed by atoms with Gasteiger partial charge in [0.05, 0.1) is 32.0 Å². The summed E-state index contributed by atoms with van der Waals surface area (Å²) in [4.78, 5) is 21.2. The predicted octanol–water partition coefficient (Wildman–Crippen LogP) is 3.09. The molecule has 184 valence electrons. The molecule has 2 aliphatic heterocycles. The second-order valence-electron chi connectivity index (χ2n) is 9.64. The average molecular weight is 488 g/mol. The second-order valence-corrected chi connectivity index (χ2v) is 9.64. The van der Waals surface area contributed by atoms with Crippen LogP contribution >= 0.6 is 0 Å². The fourth-order valence-corrected chi connectivity index (χ4v) is 4.87. The fourth-order valence-electron chi connectivity index (χ4n) is 4.87. The maximum atomic E-state index is 13.9. The van der Waals surface area contributed by atoms with Crippen molar-refractivity contribution in [1.82, 2.24) is 34.8 Å². The van der Waals surface area contributed by atoms with Crippen molar-refractivity contribution < 1.29 is 9.18 Å². The predicted molar refractivity (Wildman–Crippen MR) is 133 cm³/mol. The number of amides is 1. The van der Waals surface area contributed by atoms with Gasteiger partial charge in [-0.2, -0.15) is 15.2 Å². The number of aromatic nitrogens is 6. The molecule has 2 N–H and O–H groups in total. The number of hydrogen-bond donors (Lipinski definition) is 2. The smallest absolute Gasteiger partial charge is 0.270 e. The molecule has 2 aliphatic rings. The van der Waals surface area contributed by atoms with E-state index in [1.807, 2.05) is 48.1 Å². The molecule has 0 radical (unpaired) electrons. The molecule has 36 heavy (non-hydrogen) atoms. The summed E-state index contributed by atoms with van der Waals surface area (Å²) in [7, 11) is 1.88. The molecule has 0 spiro atoms. The summed E-state index contributed by atoms with van der Waals surface area (Å²) in [5.74, 6) is 0.985. The summed E-state index contributed by atoms with van der Waals surface area (Å²) in [6.07, 6.45) is 5.98. The zero-order valence-corrected chi connectivity index (χ0v) is 20.1. The Morgan fingerprint density at radius 1 is 1.17 bits per heavy atom. The Morgan fingerprint density at radius 3 is 2.69 bits per heavy atom. The molecule has 1 amide bonds. The molecule has 1 fully saturated rings. The lowest BCUT2D eigenvalue weighted by Crippen LogP contribution is -2.59. The third-order valence-corrected chi connectivity index (χ3v) is 6.81. The molecule has 5 heterocycles. The average Bonchev–Trinajstić information content (AvgIpc) is 3.51. The van der Waals surface area contributed by atoms with Crippen molar-refractivity contribution in [1.29, 1.82) is 0 Å². The Labute approximate surface area is 207 Å². The molecule has 11 heteroatoms. The number of aromatic amines is 1. The van der Waals surface area contributed by atoms with Crippen molar-refractivity contribution >= 4 is 23.4 Å². The largest absolute Gasteiger partial charge is 0.342 e. The Balaban J connectivity index is 1.16. The summed E-state index contributed by atoms with van der Waals surface area (Å²) >= 11 is 0. The van der Waals surface area contributed by atoms with E-state index < -0.39 is 5.67 Å². The van der Waals surface area contributed by atoms with Gasteiger partial charge in [-0.15, -0.1) is 5.10 Å². The summed E-state index contributed by atoms with van der Waals surface area (Å²) in [6.45, 7) is 3.07. The first-order chi connectivity index (χ1) is 17.4. The minimum absolute atomic E-state index is 0.128. The van der Waals surface area contributed by atoms with E-state index >= 15 is 0 Å². The van der Waals surface area contributed by atoms with Gasteiger partial charge in [-0.1, -0.05) is 12.1 Å². The van der Waals surface area contributed by atoms with Crippen LogP contribution in [0.25, 0.3) is 11.1 Å². The van der Waals surface area contributed by atoms with Crippen molar-refractivity contribution in [3.63, 3.8) is 0 Å². The number of fused-ring (bicyclic) bond motifs is 1. The fraction of sp³-hybridized carbons (Fsp3) is 0.320. The highest BCUT2D eigenvalue weighted by Crippen LogP contribution is 2.30. The molecular formula is C25H26FN9O. The van der Waals surface area contributed by atoms with Gasteiger partial charge in [-0.25, -0.2) is 4.39 Å². The lowest BCUT2D eigenvalue weighted by molar-refractivity contribution is -0.00847. The van der Waals surface area contributed by atoms with E-state index in [1.165, 1.54) is 6.92 Å². The zero-order valence-electron chi connectivity index (χ0n) is 20.1. The molecule has 0 atom stereocenters. The van der Waals surface area contributed by atoms with E-state index in [-0.39, 0.29) is 19.0 Å². The van der Waals surface area contributed by atoms with Gasteiger partial charge in [0, 0.05) is 36.7 Å². The maximum absolute atomic E-state index is 13.9. The van der Waals surface area contributed by atoms with Gasteiger partial charge in [0.1, 0.15) is 11.4 Å². The normalized spacial score (nSPS) is 16.4. The monoisotopic (exact) mass is 487 g/mol. The number of benzene rings is 1. The van der Waals surface area contributed by atoms with Gasteiger partial charge in [0.25, 0.3) is 5.91 Å². The van der Waals surface area contributed by atoms with Crippen LogP contribution in [-0.4, -0.2) is 66.1 Å². The summed E-state index contributed by atoms with van der Waals surface area (Å²) in [6, 6.07) is 9.91. The lowest BCUT2D eigenvalue weighted by atomic mass is 9.98. The number of nitrogens with one attached hydrogen (secondary N) is 2. The summed E-state index contributed by atoms with van der Waals surface area (Å²) in [5, 5.41) is 18.5. The number of likely N-dealkylation sites (tertiary alicyclic amines) is 1. The Morgan fingerprint density at radius 2 is 1.97 bits per heavy atom. The standard InChI is InChI=1S/C25H26FN9O/c1-25(26)14-35(15-25)23(36)20-9-17-7-8-34(13-21(17)33(20)2)24-31-22(12-29-32-24)30-19-5-3-16(4-6-19)18-10-27-28-11-18/h3-6,9-12H,7-8,13-15H2,1-2H3,(H,27,28)(H,30,31,32). The molecule has 4 aromatic rings. The number of alkyl halides is 1. The minimum Gasteiger partial charge on any atom is -0.342 e. The molecule has 1 saturated heterocycles. The molecule has 3 aromatic heterocycles. The number of H-pyrrole nitrogens is 1. The van der Waals surface area contributed by atoms with Crippen LogP contribution in [0.2, 0.25) is 0 Å². The van der Waals surface area contributed by atoms with Crippen molar-refractivity contribution in [2.45, 2.75) is 25.6 Å². The van der Waals surface area contributed by atoms with E-state index in [0.717, 1.165) is 34.5 Å². The molecule has 1 aromatic carbocycles. The van der Waals surface area contributed by atoms with Crippen molar-refractivity contribution in [2.75, 3.05) is 29.9 Å². The maximum Gasteiger partial charge on any atom is 0.270 e. The van der Waals surface area contributed by atoms with Crippen LogP contribution in [0, 0.1) is 0 Å². The number of hydrogen-bond acceptors (Lipinski definition) is 7. The van der Waals surface area contributed by atoms with Crippen LogP contribution in [-0.2, 0) is 20.0 Å². The second kappa shape index (κ2) is 8.43. The number of anilines is 3. The molecule has 0 aliphatic carbocycles. The number of carbonyl (C=O) groups excluding carboxylic acids is 1. The van der Waals surface area contributed by atoms with Gasteiger partial charge in [-0.3, -0.25) is 9.89 Å². The van der Waals surface area contributed by atoms with Gasteiger partial charge in [-0.05, 0) is 42.7 Å². The molecule has 0 bridgehead atoms. The molecule has 10 nitrogen and oxygen atoms in total. The van der Waals surface area contributed by atoms with Crippen LogP contribution in [0.1, 0.15) is 28.7 Å². The topological polar surface area (TPSA) is 108 Å². The first-order valence-corrected chi connectivity index (χ1v) is 11.8. The number of rotatable bonds is 5. The molecule has 6 rings (SSSR count). The van der Waals surface area contributed by atoms with E-state index in [9.17, 15) is 9.18 Å². The SMILES string of the molecule is Cn1c(C(=O)N2CC(C)(F)C2)cc2c1CN(c1nncc(Nc3ccc(-c4cn[nH]c4)cc3)n1)CC2. The summed E-state index contributed by atoms with van der Waals surface area (Å²) in [5.41, 5.74) is 4.43. The highest BCUT2D eigenvalue weighted by atomic mass is 19.1. The minimum atomic E-state index is -1.29. The number of halogens is 1. The van der Waals surface area contributed by atoms with Crippen molar-refractivity contribution in [2.24, 2.45) is 7.05 Å². The van der Waals surface area contributed by atoms with E-state index in [2.05, 4.69) is 35.6 Å². The van der Waals surface area contributed by atoms with Gasteiger partial charge in [0.15, 0.2) is 5.82 Å². The van der Waals surface area contributed by atoms with E-state index in [0.29, 0.717) is 30.5 Å². The van der Waals surface area contributed by atoms with Gasteiger partial charge >= 0.3 is 0 Å². The first-order valence-electron chi connectivity index (χ1n) is 11.8. The number of carbonyl (C=O) groups is 1. The molecular weight excluding hydrogens is 461 g/mol. The van der Waals surface area contributed by atoms with Crippen LogP contribution in [0.15, 0.2) is 48.9 Å². The van der Waals surface area contributed by atoms with Crippen LogP contribution < -0.4 is 10.2 Å². The molecule has 0 unspecified atom stereocenters. The Kier molecular flexibility index (Phi) is 5.20. The Hall–Kier alpha value is -4.28. The van der Waals surface area contributed by atoms with Crippen LogP contribution in [0.4, 0.5) is 21.8 Å². The highest BCUT2D eigenvalue weighted by Gasteiger charge is 2.42. The zero-order chi connectivity index (χ0) is 24.9. The van der Waals surface area contributed by atoms with E-state index in [1.54, 1.807) is 17.3 Å². The molecule has 0 saturated carbocycles. The third kappa shape index (κ3) is 4.06. The van der Waals surface area contributed by atoms with Gasteiger partial charge in [0.2, 0.25) is 5.95 Å². The Bertz CT molecular complexity index is 1400. The number of nitrogens with zero attached hydrogens (tertiary/aromatic N) is 7. The van der Waals surface area contributed by atoms with Crippen molar-refractivity contribution in [3.8, 4) is 11.1 Å². The summed E-state index contributed by atoms with van der Waals surface area (Å²) < 4.78 is 15.8. The quantitative estimate of drug-likeness (QED) is 0.445. The third-order valence-electron chi connectivity index (χ3n) is 6.81. The van der Waals surface area contributed by atoms with Gasteiger partial charge < -0.3 is 19.7 Å². The van der Waals surface area contributed by atoms with Crippen LogP contribution in [0.3, 0.4) is 0 Å². The van der Waals surface area contributed by atoms with Crippen molar-refractivity contribution in [3.05, 3.63) is 65.9 Å². The van der Waals surface area contributed by atoms with Crippen LogP contribution in [0.5, 0.6) is 0 Å². The highest BCUT2D eigenvalue weighted by molar-refractivity contribution is 5.94. The van der Waals surface area contributed by atoms with E-state index in [4.69, 9.17) is 0 Å².